The van der Waals surface area contributed by atoms with E-state index in [-0.39, 0.29) is 24.7 Å². The molecule has 0 radical (unpaired) electrons. The highest BCUT2D eigenvalue weighted by Crippen LogP contribution is 2.26. The zero-order chi connectivity index (χ0) is 17.0. The molecule has 1 aliphatic rings. The van der Waals surface area contributed by atoms with Crippen LogP contribution in [0.3, 0.4) is 0 Å². The predicted molar refractivity (Wildman–Crippen MR) is 92.7 cm³/mol. The van der Waals surface area contributed by atoms with E-state index in [9.17, 15) is 9.59 Å². The predicted octanol–water partition coefficient (Wildman–Crippen LogP) is 2.82. The largest absolute Gasteiger partial charge is 0.480 e. The van der Waals surface area contributed by atoms with Crippen LogP contribution in [0.5, 0.6) is 0 Å². The van der Waals surface area contributed by atoms with Crippen molar-refractivity contribution in [1.29, 1.82) is 0 Å². The molecule has 1 aromatic carbocycles. The van der Waals surface area contributed by atoms with E-state index >= 15 is 0 Å². The number of amides is 2. The Kier molecular flexibility index (Phi) is 6.01. The number of hydrogen-bond donors (Lipinski definition) is 3. The lowest BCUT2D eigenvalue weighted by Gasteiger charge is -2.42. The third-order valence-electron chi connectivity index (χ3n) is 4.23. The number of nitrogens with one attached hydrogen (secondary N) is 2. The molecule has 0 aromatic heterocycles. The number of carbonyl (C=O) groups excluding carboxylic acids is 1. The molecule has 1 saturated carbocycles. The van der Waals surface area contributed by atoms with E-state index in [4.69, 9.17) is 5.11 Å². The van der Waals surface area contributed by atoms with Crippen LogP contribution >= 0.6 is 15.9 Å². The maximum Gasteiger partial charge on any atom is 0.319 e. The zero-order valence-corrected chi connectivity index (χ0v) is 14.9. The van der Waals surface area contributed by atoms with Crippen molar-refractivity contribution in [2.45, 2.75) is 38.8 Å². The van der Waals surface area contributed by atoms with Gasteiger partial charge in [-0.1, -0.05) is 28.9 Å². The maximum absolute atomic E-state index is 12.1. The molecule has 0 saturated heterocycles. The molecule has 126 valence electrons. The summed E-state index contributed by atoms with van der Waals surface area (Å²) in [5.41, 5.74) is 1.75. The third-order valence-corrected chi connectivity index (χ3v) is 5.08. The first-order chi connectivity index (χ1) is 10.9. The topological polar surface area (TPSA) is 81.7 Å². The number of likely N-dealkylation sites (N-methyl/N-ethyl adjacent to an activating group) is 1. The Hall–Kier alpha value is -1.60. The summed E-state index contributed by atoms with van der Waals surface area (Å²) < 4.78 is 0.950. The fourth-order valence-corrected chi connectivity index (χ4v) is 3.13. The van der Waals surface area contributed by atoms with Gasteiger partial charge in [0.25, 0.3) is 0 Å². The molecule has 1 aliphatic carbocycles. The highest BCUT2D eigenvalue weighted by Gasteiger charge is 2.34. The first-order valence-corrected chi connectivity index (χ1v) is 8.48. The fraction of sp³-hybridized carbons (Fsp3) is 0.500. The molecule has 6 nitrogen and oxygen atoms in total. The van der Waals surface area contributed by atoms with Crippen molar-refractivity contribution < 1.29 is 14.7 Å². The van der Waals surface area contributed by atoms with Gasteiger partial charge in [0.05, 0.1) is 6.54 Å². The smallest absolute Gasteiger partial charge is 0.319 e. The molecule has 0 aliphatic heterocycles. The number of rotatable bonds is 6. The highest BCUT2D eigenvalue weighted by atomic mass is 79.9. The van der Waals surface area contributed by atoms with Gasteiger partial charge in [0, 0.05) is 22.2 Å². The number of nitrogens with zero attached hydrogens (tertiary/aromatic N) is 1. The van der Waals surface area contributed by atoms with Gasteiger partial charge in [-0.05, 0) is 44.0 Å². The van der Waals surface area contributed by atoms with Crippen LogP contribution in [0.4, 0.5) is 10.5 Å². The second-order valence-corrected chi connectivity index (χ2v) is 6.64. The van der Waals surface area contributed by atoms with Crippen LogP contribution in [0.15, 0.2) is 22.7 Å². The first-order valence-electron chi connectivity index (χ1n) is 7.69. The number of carboxylic acid groups (broad SMARTS) is 1. The number of halogens is 1. The lowest BCUT2D eigenvalue weighted by atomic mass is 9.85. The minimum Gasteiger partial charge on any atom is -0.480 e. The van der Waals surface area contributed by atoms with Gasteiger partial charge >= 0.3 is 12.0 Å². The Morgan fingerprint density at radius 1 is 1.39 bits per heavy atom. The van der Waals surface area contributed by atoms with Crippen molar-refractivity contribution in [3.8, 4) is 0 Å². The van der Waals surface area contributed by atoms with E-state index in [1.165, 1.54) is 0 Å². The molecule has 0 atom stereocenters. The average Bonchev–Trinajstić information content (AvgIpc) is 2.45. The summed E-state index contributed by atoms with van der Waals surface area (Å²) in [5, 5.41) is 14.7. The summed E-state index contributed by atoms with van der Waals surface area (Å²) in [7, 11) is 0. The van der Waals surface area contributed by atoms with Crippen molar-refractivity contribution in [2.75, 3.05) is 18.4 Å². The van der Waals surface area contributed by atoms with E-state index in [0.717, 1.165) is 28.6 Å². The molecule has 3 N–H and O–H groups in total. The molecule has 1 fully saturated rings. The van der Waals surface area contributed by atoms with Crippen molar-refractivity contribution in [1.82, 2.24) is 10.2 Å². The monoisotopic (exact) mass is 383 g/mol. The SMILES string of the molecule is CCN(CC(=O)O)C1CC(NC(=O)Nc2cccc(Br)c2C)C1. The summed E-state index contributed by atoms with van der Waals surface area (Å²) in [6.45, 7) is 4.64. The summed E-state index contributed by atoms with van der Waals surface area (Å²) in [4.78, 5) is 24.8. The number of carboxylic acids is 1. The lowest BCUT2D eigenvalue weighted by Crippen LogP contribution is -2.55. The number of benzene rings is 1. The molecule has 0 bridgehead atoms. The van der Waals surface area contributed by atoms with Crippen LogP contribution in [0.2, 0.25) is 0 Å². The molecule has 0 unspecified atom stereocenters. The number of hydrogen-bond acceptors (Lipinski definition) is 3. The summed E-state index contributed by atoms with van der Waals surface area (Å²) >= 11 is 3.44. The quantitative estimate of drug-likeness (QED) is 0.705. The van der Waals surface area contributed by atoms with Gasteiger partial charge in [-0.15, -0.1) is 0 Å². The van der Waals surface area contributed by atoms with E-state index in [2.05, 4.69) is 26.6 Å². The standard InChI is InChI=1S/C16H22BrN3O3/c1-3-20(9-15(21)22)12-7-11(8-12)18-16(23)19-14-6-4-5-13(17)10(14)2/h4-6,11-12H,3,7-9H2,1-2H3,(H,21,22)(H2,18,19,23). The van der Waals surface area contributed by atoms with Gasteiger partial charge in [-0.25, -0.2) is 4.79 Å². The van der Waals surface area contributed by atoms with Gasteiger partial charge in [-0.3, -0.25) is 9.69 Å². The van der Waals surface area contributed by atoms with Crippen molar-refractivity contribution in [3.05, 3.63) is 28.2 Å². The number of anilines is 1. The van der Waals surface area contributed by atoms with E-state index in [1.807, 2.05) is 36.9 Å². The zero-order valence-electron chi connectivity index (χ0n) is 13.3. The highest BCUT2D eigenvalue weighted by molar-refractivity contribution is 9.10. The van der Waals surface area contributed by atoms with E-state index in [1.54, 1.807) is 0 Å². The number of carbonyl (C=O) groups is 2. The Bertz CT molecular complexity index is 588. The van der Waals surface area contributed by atoms with Crippen LogP contribution < -0.4 is 10.6 Å². The Labute approximate surface area is 144 Å². The van der Waals surface area contributed by atoms with Crippen molar-refractivity contribution >= 4 is 33.6 Å². The molecule has 2 amide bonds. The first kappa shape index (κ1) is 17.7. The van der Waals surface area contributed by atoms with Crippen LogP contribution in [-0.2, 0) is 4.79 Å². The molecule has 0 heterocycles. The van der Waals surface area contributed by atoms with Crippen LogP contribution in [0.25, 0.3) is 0 Å². The average molecular weight is 384 g/mol. The second-order valence-electron chi connectivity index (χ2n) is 5.79. The number of aliphatic carboxylic acids is 1. The summed E-state index contributed by atoms with van der Waals surface area (Å²) in [6, 6.07) is 5.75. The second kappa shape index (κ2) is 7.79. The number of urea groups is 1. The molecule has 1 aromatic rings. The molecule has 7 heteroatoms. The maximum atomic E-state index is 12.1. The summed E-state index contributed by atoms with van der Waals surface area (Å²) in [6.07, 6.45) is 1.57. The normalized spacial score (nSPS) is 20.0. The Morgan fingerprint density at radius 2 is 2.09 bits per heavy atom. The van der Waals surface area contributed by atoms with Gasteiger partial charge in [0.15, 0.2) is 0 Å². The molecule has 0 spiro atoms. The summed E-state index contributed by atoms with van der Waals surface area (Å²) in [5.74, 6) is -0.814. The fourth-order valence-electron chi connectivity index (χ4n) is 2.76. The van der Waals surface area contributed by atoms with Crippen molar-refractivity contribution in [3.63, 3.8) is 0 Å². The van der Waals surface area contributed by atoms with E-state index < -0.39 is 5.97 Å². The van der Waals surface area contributed by atoms with Gasteiger partial charge in [0.1, 0.15) is 0 Å². The molecular formula is C16H22BrN3O3. The van der Waals surface area contributed by atoms with Crippen LogP contribution in [0, 0.1) is 6.92 Å². The Morgan fingerprint density at radius 3 is 2.70 bits per heavy atom. The van der Waals surface area contributed by atoms with Gasteiger partial charge in [-0.2, -0.15) is 0 Å². The molecule has 2 rings (SSSR count). The molecule has 23 heavy (non-hydrogen) atoms. The van der Waals surface area contributed by atoms with Crippen LogP contribution in [-0.4, -0.2) is 47.2 Å². The van der Waals surface area contributed by atoms with Crippen LogP contribution in [0.1, 0.15) is 25.3 Å². The minimum absolute atomic E-state index is 0.0529. The van der Waals surface area contributed by atoms with E-state index in [0.29, 0.717) is 6.54 Å². The lowest BCUT2D eigenvalue weighted by molar-refractivity contribution is -0.139. The molecular weight excluding hydrogens is 362 g/mol. The van der Waals surface area contributed by atoms with Crippen molar-refractivity contribution in [2.24, 2.45) is 0 Å². The van der Waals surface area contributed by atoms with Gasteiger partial charge < -0.3 is 15.7 Å². The Balaban J connectivity index is 1.80. The minimum atomic E-state index is -0.814. The van der Waals surface area contributed by atoms with Gasteiger partial charge in [0.2, 0.25) is 0 Å². The third kappa shape index (κ3) is 4.68.